The third-order valence-electron chi connectivity index (χ3n) is 4.70. The zero-order valence-corrected chi connectivity index (χ0v) is 14.9. The zero-order chi connectivity index (χ0) is 17.6. The first-order valence-corrected chi connectivity index (χ1v) is 8.76. The van der Waals surface area contributed by atoms with Gasteiger partial charge < -0.3 is 14.4 Å². The van der Waals surface area contributed by atoms with E-state index in [1.54, 1.807) is 0 Å². The molecule has 1 unspecified atom stereocenters. The predicted octanol–water partition coefficient (Wildman–Crippen LogP) is 3.15. The molecule has 2 aromatic rings. The van der Waals surface area contributed by atoms with E-state index in [2.05, 4.69) is 12.1 Å². The summed E-state index contributed by atoms with van der Waals surface area (Å²) in [5.74, 6) is 0.796. The van der Waals surface area contributed by atoms with Gasteiger partial charge >= 0.3 is 0 Å². The molecule has 1 heterocycles. The molecule has 4 heteroatoms. The van der Waals surface area contributed by atoms with Crippen molar-refractivity contribution in [3.05, 3.63) is 65.2 Å². The van der Waals surface area contributed by atoms with Crippen LogP contribution in [0.5, 0.6) is 5.75 Å². The van der Waals surface area contributed by atoms with Crippen molar-refractivity contribution in [3.8, 4) is 5.75 Å². The second-order valence-corrected chi connectivity index (χ2v) is 6.51. The lowest BCUT2D eigenvalue weighted by atomic mass is 10.1. The number of hydrogen-bond donors (Lipinski definition) is 0. The van der Waals surface area contributed by atoms with Crippen molar-refractivity contribution in [2.24, 2.45) is 0 Å². The van der Waals surface area contributed by atoms with E-state index in [-0.39, 0.29) is 18.6 Å². The molecular weight excluding hydrogens is 314 g/mol. The van der Waals surface area contributed by atoms with Crippen molar-refractivity contribution in [3.63, 3.8) is 0 Å². The van der Waals surface area contributed by atoms with Gasteiger partial charge in [-0.25, -0.2) is 0 Å². The van der Waals surface area contributed by atoms with Crippen molar-refractivity contribution in [1.82, 2.24) is 4.90 Å². The number of hydrogen-bond acceptors (Lipinski definition) is 3. The molecule has 0 aromatic heterocycles. The molecule has 3 rings (SSSR count). The molecule has 0 aliphatic carbocycles. The fourth-order valence-electron chi connectivity index (χ4n) is 3.06. The standard InChI is InChI=1S/C21H25NO3/c1-16-7-6-10-20(17(16)2)25-15-21(23)22-11-12-24-19(14-22)13-18-8-4-3-5-9-18/h3-10,19H,11-15H2,1-2H3. The van der Waals surface area contributed by atoms with Crippen LogP contribution in [-0.2, 0) is 16.0 Å². The molecule has 25 heavy (non-hydrogen) atoms. The van der Waals surface area contributed by atoms with Crippen LogP contribution in [0.1, 0.15) is 16.7 Å². The van der Waals surface area contributed by atoms with Crippen LogP contribution in [0.3, 0.4) is 0 Å². The minimum absolute atomic E-state index is 0.0160. The minimum atomic E-state index is 0.0160. The molecule has 1 aliphatic heterocycles. The first kappa shape index (κ1) is 17.5. The van der Waals surface area contributed by atoms with Crippen molar-refractivity contribution in [2.75, 3.05) is 26.3 Å². The molecule has 1 atom stereocenters. The first-order chi connectivity index (χ1) is 12.1. The number of carbonyl (C=O) groups excluding carboxylic acids is 1. The average molecular weight is 339 g/mol. The maximum Gasteiger partial charge on any atom is 0.260 e. The molecule has 0 N–H and O–H groups in total. The minimum Gasteiger partial charge on any atom is -0.483 e. The maximum atomic E-state index is 12.5. The topological polar surface area (TPSA) is 38.8 Å². The molecule has 0 spiro atoms. The van der Waals surface area contributed by atoms with E-state index in [1.165, 1.54) is 11.1 Å². The third-order valence-corrected chi connectivity index (χ3v) is 4.70. The second-order valence-electron chi connectivity index (χ2n) is 6.51. The molecule has 4 nitrogen and oxygen atoms in total. The fourth-order valence-corrected chi connectivity index (χ4v) is 3.06. The van der Waals surface area contributed by atoms with E-state index in [1.807, 2.05) is 55.1 Å². The third kappa shape index (κ3) is 4.60. The van der Waals surface area contributed by atoms with Crippen LogP contribution in [0.4, 0.5) is 0 Å². The Morgan fingerprint density at radius 3 is 2.76 bits per heavy atom. The highest BCUT2D eigenvalue weighted by atomic mass is 16.5. The van der Waals surface area contributed by atoms with Crippen LogP contribution >= 0.6 is 0 Å². The Morgan fingerprint density at radius 2 is 1.96 bits per heavy atom. The Bertz CT molecular complexity index is 714. The summed E-state index contributed by atoms with van der Waals surface area (Å²) in [6.45, 7) is 5.94. The molecule has 1 aliphatic rings. The molecule has 2 aromatic carbocycles. The molecule has 0 radical (unpaired) electrons. The van der Waals surface area contributed by atoms with Gasteiger partial charge in [0.15, 0.2) is 6.61 Å². The SMILES string of the molecule is Cc1cccc(OCC(=O)N2CCOC(Cc3ccccc3)C2)c1C. The second kappa shape index (κ2) is 8.17. The summed E-state index contributed by atoms with van der Waals surface area (Å²) in [6, 6.07) is 16.1. The quantitative estimate of drug-likeness (QED) is 0.840. The largest absolute Gasteiger partial charge is 0.483 e. The molecule has 0 saturated carbocycles. The Morgan fingerprint density at radius 1 is 1.16 bits per heavy atom. The van der Waals surface area contributed by atoms with Crippen LogP contribution in [0.25, 0.3) is 0 Å². The lowest BCUT2D eigenvalue weighted by Gasteiger charge is -2.33. The normalized spacial score (nSPS) is 17.4. The molecular formula is C21H25NO3. The number of aryl methyl sites for hydroxylation is 1. The summed E-state index contributed by atoms with van der Waals surface area (Å²) >= 11 is 0. The van der Waals surface area contributed by atoms with Gasteiger partial charge in [0.25, 0.3) is 5.91 Å². The average Bonchev–Trinajstić information content (AvgIpc) is 2.64. The highest BCUT2D eigenvalue weighted by Gasteiger charge is 2.24. The maximum absolute atomic E-state index is 12.5. The van der Waals surface area contributed by atoms with Crippen molar-refractivity contribution >= 4 is 5.91 Å². The number of ether oxygens (including phenoxy) is 2. The van der Waals surface area contributed by atoms with Crippen LogP contribution in [0.15, 0.2) is 48.5 Å². The number of nitrogens with zero attached hydrogens (tertiary/aromatic N) is 1. The van der Waals surface area contributed by atoms with Gasteiger partial charge in [0.1, 0.15) is 5.75 Å². The van der Waals surface area contributed by atoms with Gasteiger partial charge in [0.05, 0.1) is 12.7 Å². The molecule has 132 valence electrons. The van der Waals surface area contributed by atoms with Crippen molar-refractivity contribution < 1.29 is 14.3 Å². The Kier molecular flexibility index (Phi) is 5.71. The van der Waals surface area contributed by atoms with E-state index in [4.69, 9.17) is 9.47 Å². The van der Waals surface area contributed by atoms with Crippen LogP contribution in [0.2, 0.25) is 0 Å². The van der Waals surface area contributed by atoms with E-state index in [0.717, 1.165) is 17.7 Å². The van der Waals surface area contributed by atoms with Crippen LogP contribution < -0.4 is 4.74 Å². The van der Waals surface area contributed by atoms with Crippen LogP contribution in [0, 0.1) is 13.8 Å². The monoisotopic (exact) mass is 339 g/mol. The molecule has 1 fully saturated rings. The van der Waals surface area contributed by atoms with E-state index in [9.17, 15) is 4.79 Å². The van der Waals surface area contributed by atoms with Gasteiger partial charge in [0, 0.05) is 19.5 Å². The Balaban J connectivity index is 1.54. The van der Waals surface area contributed by atoms with Crippen molar-refractivity contribution in [1.29, 1.82) is 0 Å². The van der Waals surface area contributed by atoms with Gasteiger partial charge in [-0.3, -0.25) is 4.79 Å². The Labute approximate surface area is 149 Å². The summed E-state index contributed by atoms with van der Waals surface area (Å²) in [6.07, 6.45) is 0.864. The smallest absolute Gasteiger partial charge is 0.260 e. The van der Waals surface area contributed by atoms with Gasteiger partial charge in [-0.1, -0.05) is 42.5 Å². The summed E-state index contributed by atoms with van der Waals surface area (Å²) in [7, 11) is 0. The van der Waals surface area contributed by atoms with Crippen molar-refractivity contribution in [2.45, 2.75) is 26.4 Å². The summed E-state index contributed by atoms with van der Waals surface area (Å²) in [4.78, 5) is 14.4. The van der Waals surface area contributed by atoms with Gasteiger partial charge in [-0.05, 0) is 36.6 Å². The van der Waals surface area contributed by atoms with Gasteiger partial charge in [-0.2, -0.15) is 0 Å². The predicted molar refractivity (Wildman–Crippen MR) is 97.9 cm³/mol. The van der Waals surface area contributed by atoms with Gasteiger partial charge in [0.2, 0.25) is 0 Å². The zero-order valence-electron chi connectivity index (χ0n) is 14.9. The van der Waals surface area contributed by atoms with Gasteiger partial charge in [-0.15, -0.1) is 0 Å². The first-order valence-electron chi connectivity index (χ1n) is 8.76. The van der Waals surface area contributed by atoms with E-state index in [0.29, 0.717) is 19.7 Å². The van der Waals surface area contributed by atoms with E-state index >= 15 is 0 Å². The highest BCUT2D eigenvalue weighted by molar-refractivity contribution is 5.78. The number of carbonyl (C=O) groups is 1. The van der Waals surface area contributed by atoms with E-state index < -0.39 is 0 Å². The summed E-state index contributed by atoms with van der Waals surface area (Å²) in [5.41, 5.74) is 3.48. The number of rotatable bonds is 5. The number of morpholine rings is 1. The number of amides is 1. The lowest BCUT2D eigenvalue weighted by molar-refractivity contribution is -0.140. The fraction of sp³-hybridized carbons (Fsp3) is 0.381. The lowest BCUT2D eigenvalue weighted by Crippen LogP contribution is -2.47. The summed E-state index contributed by atoms with van der Waals surface area (Å²) < 4.78 is 11.6. The summed E-state index contributed by atoms with van der Waals surface area (Å²) in [5, 5.41) is 0. The molecule has 0 bridgehead atoms. The van der Waals surface area contributed by atoms with Crippen LogP contribution in [-0.4, -0.2) is 43.2 Å². The highest BCUT2D eigenvalue weighted by Crippen LogP contribution is 2.20. The molecule has 1 saturated heterocycles. The number of benzene rings is 2. The molecule has 1 amide bonds. The Hall–Kier alpha value is -2.33.